The van der Waals surface area contributed by atoms with Crippen molar-refractivity contribution in [1.29, 1.82) is 0 Å². The van der Waals surface area contributed by atoms with Crippen molar-refractivity contribution in [3.63, 3.8) is 0 Å². The Balaban J connectivity index is 1.68. The van der Waals surface area contributed by atoms with Gasteiger partial charge in [0.1, 0.15) is 0 Å². The monoisotopic (exact) mass is 413 g/mol. The van der Waals surface area contributed by atoms with Crippen LogP contribution in [0.5, 0.6) is 17.4 Å². The van der Waals surface area contributed by atoms with Crippen LogP contribution < -0.4 is 5.56 Å². The molecule has 154 valence electrons. The van der Waals surface area contributed by atoms with Crippen LogP contribution in [0, 0.1) is 0 Å². The molecule has 0 radical (unpaired) electrons. The number of nitrogens with zero attached hydrogens (tertiary/aromatic N) is 2. The quantitative estimate of drug-likeness (QED) is 0.293. The van der Waals surface area contributed by atoms with E-state index in [9.17, 15) is 20.1 Å². The van der Waals surface area contributed by atoms with Crippen LogP contribution in [0.4, 0.5) is 0 Å². The van der Waals surface area contributed by atoms with Gasteiger partial charge in [-0.3, -0.25) is 19.8 Å². The van der Waals surface area contributed by atoms with E-state index in [0.717, 1.165) is 11.3 Å². The highest BCUT2D eigenvalue weighted by Gasteiger charge is 2.10. The number of hydrogen-bond acceptors (Lipinski definition) is 6. The first-order chi connectivity index (χ1) is 15.0. The Morgan fingerprint density at radius 2 is 1.81 bits per heavy atom. The lowest BCUT2D eigenvalue weighted by Crippen LogP contribution is -2.08. The number of aromatic hydroxyl groups is 3. The predicted octanol–water partition coefficient (Wildman–Crippen LogP) is 3.83. The highest BCUT2D eigenvalue weighted by Crippen LogP contribution is 2.26. The van der Waals surface area contributed by atoms with E-state index in [1.807, 2.05) is 36.4 Å². The number of H-pyrrole nitrogens is 1. The van der Waals surface area contributed by atoms with Gasteiger partial charge in [0.25, 0.3) is 5.56 Å². The molecule has 0 unspecified atom stereocenters. The number of benzene rings is 2. The Labute approximate surface area is 177 Å². The third-order valence-corrected chi connectivity index (χ3v) is 4.73. The van der Waals surface area contributed by atoms with Crippen molar-refractivity contribution in [3.05, 3.63) is 93.5 Å². The molecule has 2 aromatic carbocycles. The molecule has 31 heavy (non-hydrogen) atoms. The maximum Gasteiger partial charge on any atom is 0.258 e. The van der Waals surface area contributed by atoms with Gasteiger partial charge < -0.3 is 15.3 Å². The van der Waals surface area contributed by atoms with Gasteiger partial charge in [0.2, 0.25) is 5.88 Å². The first-order valence-corrected chi connectivity index (χ1v) is 9.50. The Kier molecular flexibility index (Phi) is 5.49. The van der Waals surface area contributed by atoms with Crippen LogP contribution in [0.2, 0.25) is 0 Å². The summed E-state index contributed by atoms with van der Waals surface area (Å²) >= 11 is 0. The molecule has 4 rings (SSSR count). The highest BCUT2D eigenvalue weighted by atomic mass is 16.3. The molecular formula is C24H19N3O4. The number of nitrogens with one attached hydrogen (secondary N) is 1. The van der Waals surface area contributed by atoms with E-state index in [1.54, 1.807) is 24.4 Å². The third-order valence-electron chi connectivity index (χ3n) is 4.73. The average molecular weight is 413 g/mol. The first-order valence-electron chi connectivity index (χ1n) is 9.50. The van der Waals surface area contributed by atoms with Crippen LogP contribution >= 0.6 is 0 Å². The Hall–Kier alpha value is -4.39. The van der Waals surface area contributed by atoms with Crippen molar-refractivity contribution in [2.45, 2.75) is 6.54 Å². The Bertz CT molecular complexity index is 1360. The van der Waals surface area contributed by atoms with Gasteiger partial charge >= 0.3 is 0 Å². The fourth-order valence-corrected chi connectivity index (χ4v) is 3.15. The maximum atomic E-state index is 12.3. The number of aliphatic imine (C=N–C) groups is 1. The summed E-state index contributed by atoms with van der Waals surface area (Å²) in [6.45, 7) is 0.215. The Morgan fingerprint density at radius 3 is 2.58 bits per heavy atom. The lowest BCUT2D eigenvalue weighted by molar-refractivity contribution is 0.403. The molecule has 0 aliphatic carbocycles. The van der Waals surface area contributed by atoms with Crippen LogP contribution in [-0.4, -0.2) is 31.5 Å². The number of rotatable bonds is 5. The number of phenolic OH excluding ortho intramolecular Hbond substituents is 2. The van der Waals surface area contributed by atoms with E-state index in [4.69, 9.17) is 0 Å². The molecule has 0 saturated carbocycles. The summed E-state index contributed by atoms with van der Waals surface area (Å²) in [5.74, 6) is -0.710. The molecule has 7 heteroatoms. The van der Waals surface area contributed by atoms with E-state index in [-0.39, 0.29) is 23.9 Å². The van der Waals surface area contributed by atoms with E-state index in [1.165, 1.54) is 18.3 Å². The number of aromatic amines is 1. The summed E-state index contributed by atoms with van der Waals surface area (Å²) in [7, 11) is 0. The molecule has 0 spiro atoms. The number of fused-ring (bicyclic) bond motifs is 1. The van der Waals surface area contributed by atoms with Crippen molar-refractivity contribution < 1.29 is 15.3 Å². The smallest absolute Gasteiger partial charge is 0.258 e. The van der Waals surface area contributed by atoms with Gasteiger partial charge in [0.05, 0.1) is 17.8 Å². The zero-order valence-electron chi connectivity index (χ0n) is 16.4. The molecule has 2 aromatic heterocycles. The van der Waals surface area contributed by atoms with Gasteiger partial charge in [-0.2, -0.15) is 0 Å². The Morgan fingerprint density at radius 1 is 0.935 bits per heavy atom. The van der Waals surface area contributed by atoms with Crippen molar-refractivity contribution in [2.75, 3.05) is 0 Å². The van der Waals surface area contributed by atoms with Crippen molar-refractivity contribution in [3.8, 4) is 17.4 Å². The van der Waals surface area contributed by atoms with Crippen molar-refractivity contribution in [2.24, 2.45) is 4.99 Å². The number of hydrogen-bond donors (Lipinski definition) is 4. The predicted molar refractivity (Wildman–Crippen MR) is 120 cm³/mol. The van der Waals surface area contributed by atoms with E-state index in [0.29, 0.717) is 21.9 Å². The second-order valence-corrected chi connectivity index (χ2v) is 6.90. The minimum atomic E-state index is -0.395. The van der Waals surface area contributed by atoms with Gasteiger partial charge in [-0.25, -0.2) is 0 Å². The van der Waals surface area contributed by atoms with Crippen LogP contribution in [0.15, 0.2) is 70.6 Å². The molecule has 4 aromatic rings. The van der Waals surface area contributed by atoms with E-state index in [2.05, 4.69) is 15.0 Å². The molecule has 0 saturated heterocycles. The van der Waals surface area contributed by atoms with E-state index < -0.39 is 5.56 Å². The summed E-state index contributed by atoms with van der Waals surface area (Å²) in [4.78, 5) is 23.3. The zero-order chi connectivity index (χ0) is 21.8. The number of pyridine rings is 2. The molecule has 0 atom stereocenters. The minimum absolute atomic E-state index is 0.205. The van der Waals surface area contributed by atoms with Crippen molar-refractivity contribution >= 4 is 29.1 Å². The molecule has 0 bridgehead atoms. The molecule has 0 aliphatic heterocycles. The standard InChI is InChI=1S/C24H19N3O4/c28-21-9-6-16(12-22(21)29)13-25-14-20-19-11-15(4-7-17-3-1-2-10-26-17)5-8-18(19)23(30)27-24(20)31/h1-12,14,28-29H,13H2,(H2,27,30,31)/b7-4+,25-14?. The first kappa shape index (κ1) is 19.9. The normalized spacial score (nSPS) is 11.6. The molecule has 0 fully saturated rings. The van der Waals surface area contributed by atoms with E-state index >= 15 is 0 Å². The second kappa shape index (κ2) is 8.54. The third kappa shape index (κ3) is 4.45. The van der Waals surface area contributed by atoms with Crippen LogP contribution in [0.3, 0.4) is 0 Å². The molecule has 4 N–H and O–H groups in total. The van der Waals surface area contributed by atoms with Crippen molar-refractivity contribution in [1.82, 2.24) is 9.97 Å². The SMILES string of the molecule is O=c1[nH]c(O)c(C=NCc2ccc(O)c(O)c2)c2cc(/C=C/c3ccccn3)ccc12. The number of phenols is 2. The molecular weight excluding hydrogens is 394 g/mol. The summed E-state index contributed by atoms with van der Waals surface area (Å²) in [5, 5.41) is 30.3. The molecule has 0 aliphatic rings. The van der Waals surface area contributed by atoms with Gasteiger partial charge in [0.15, 0.2) is 11.5 Å². The topological polar surface area (TPSA) is 119 Å². The summed E-state index contributed by atoms with van der Waals surface area (Å²) in [5.41, 5.74) is 2.30. The maximum absolute atomic E-state index is 12.3. The summed E-state index contributed by atoms with van der Waals surface area (Å²) in [6.07, 6.45) is 6.92. The molecule has 2 heterocycles. The van der Waals surface area contributed by atoms with Gasteiger partial charge in [0, 0.05) is 23.2 Å². The largest absolute Gasteiger partial charge is 0.504 e. The minimum Gasteiger partial charge on any atom is -0.504 e. The average Bonchev–Trinajstić information content (AvgIpc) is 2.77. The zero-order valence-corrected chi connectivity index (χ0v) is 16.4. The van der Waals surface area contributed by atoms with Crippen LogP contribution in [0.25, 0.3) is 22.9 Å². The fraction of sp³-hybridized carbons (Fsp3) is 0.0417. The highest BCUT2D eigenvalue weighted by molar-refractivity contribution is 6.02. The van der Waals surface area contributed by atoms with Crippen LogP contribution in [-0.2, 0) is 6.54 Å². The van der Waals surface area contributed by atoms with Crippen LogP contribution in [0.1, 0.15) is 22.4 Å². The lowest BCUT2D eigenvalue weighted by atomic mass is 10.0. The molecule has 0 amide bonds. The summed E-state index contributed by atoms with van der Waals surface area (Å²) in [6, 6.07) is 15.4. The fourth-order valence-electron chi connectivity index (χ4n) is 3.15. The summed E-state index contributed by atoms with van der Waals surface area (Å²) < 4.78 is 0. The van der Waals surface area contributed by atoms with Gasteiger partial charge in [-0.15, -0.1) is 0 Å². The van der Waals surface area contributed by atoms with Gasteiger partial charge in [-0.05, 0) is 53.6 Å². The molecule has 7 nitrogen and oxygen atoms in total. The second-order valence-electron chi connectivity index (χ2n) is 6.90. The number of aromatic nitrogens is 2. The lowest BCUT2D eigenvalue weighted by Gasteiger charge is -2.06. The van der Waals surface area contributed by atoms with Gasteiger partial charge in [-0.1, -0.05) is 24.3 Å².